The molecule has 1 fully saturated rings. The number of carbonyl (C=O) groups is 2. The largest absolute Gasteiger partial charge is 0.480 e. The van der Waals surface area contributed by atoms with E-state index in [1.807, 2.05) is 0 Å². The predicted octanol–water partition coefficient (Wildman–Crippen LogP) is 1.14. The van der Waals surface area contributed by atoms with Crippen molar-refractivity contribution in [2.45, 2.75) is 51.0 Å². The molecule has 3 N–H and O–H groups in total. The van der Waals surface area contributed by atoms with Crippen LogP contribution in [0, 0.1) is 5.92 Å². The molecule has 0 aliphatic heterocycles. The normalized spacial score (nSPS) is 18.3. The summed E-state index contributed by atoms with van der Waals surface area (Å²) in [5.41, 5.74) is 0. The van der Waals surface area contributed by atoms with E-state index in [4.69, 9.17) is 5.11 Å². The van der Waals surface area contributed by atoms with E-state index in [0.717, 1.165) is 12.8 Å². The summed E-state index contributed by atoms with van der Waals surface area (Å²) < 4.78 is 0. The van der Waals surface area contributed by atoms with Gasteiger partial charge in [0.1, 0.15) is 6.04 Å². The molecule has 0 heterocycles. The van der Waals surface area contributed by atoms with E-state index in [1.54, 1.807) is 7.05 Å². The first-order valence-corrected chi connectivity index (χ1v) is 6.80. The van der Waals surface area contributed by atoms with Crippen molar-refractivity contribution >= 4 is 11.9 Å². The number of rotatable bonds is 7. The molecule has 1 aliphatic rings. The quantitative estimate of drug-likeness (QED) is 0.638. The highest BCUT2D eigenvalue weighted by Crippen LogP contribution is 2.27. The fourth-order valence-electron chi connectivity index (χ4n) is 2.48. The second kappa shape index (κ2) is 8.08. The molecule has 18 heavy (non-hydrogen) atoms. The SMILES string of the molecule is CNCCC(=O)N[C@H](CC1CCCCC1)C(=O)O. The fourth-order valence-corrected chi connectivity index (χ4v) is 2.48. The van der Waals surface area contributed by atoms with E-state index in [0.29, 0.717) is 25.3 Å². The Kier molecular flexibility index (Phi) is 6.72. The summed E-state index contributed by atoms with van der Waals surface area (Å²) in [5, 5.41) is 14.6. The lowest BCUT2D eigenvalue weighted by atomic mass is 9.85. The zero-order chi connectivity index (χ0) is 13.4. The average molecular weight is 256 g/mol. The highest BCUT2D eigenvalue weighted by atomic mass is 16.4. The van der Waals surface area contributed by atoms with Gasteiger partial charge in [0.15, 0.2) is 0 Å². The predicted molar refractivity (Wildman–Crippen MR) is 69.3 cm³/mol. The summed E-state index contributed by atoms with van der Waals surface area (Å²) >= 11 is 0. The molecular weight excluding hydrogens is 232 g/mol. The summed E-state index contributed by atoms with van der Waals surface area (Å²) in [6.07, 6.45) is 6.70. The Morgan fingerprint density at radius 2 is 1.94 bits per heavy atom. The molecule has 5 heteroatoms. The summed E-state index contributed by atoms with van der Waals surface area (Å²) in [5.74, 6) is -0.657. The van der Waals surface area contributed by atoms with Gasteiger partial charge in [-0.3, -0.25) is 4.79 Å². The third-order valence-corrected chi connectivity index (χ3v) is 3.53. The van der Waals surface area contributed by atoms with Crippen LogP contribution in [0.15, 0.2) is 0 Å². The maximum atomic E-state index is 11.5. The van der Waals surface area contributed by atoms with Gasteiger partial charge in [0.25, 0.3) is 0 Å². The highest BCUT2D eigenvalue weighted by molar-refractivity contribution is 5.83. The van der Waals surface area contributed by atoms with Crippen molar-refractivity contribution < 1.29 is 14.7 Å². The van der Waals surface area contributed by atoms with Gasteiger partial charge in [-0.15, -0.1) is 0 Å². The van der Waals surface area contributed by atoms with E-state index in [-0.39, 0.29) is 5.91 Å². The lowest BCUT2D eigenvalue weighted by molar-refractivity contribution is -0.142. The molecule has 104 valence electrons. The smallest absolute Gasteiger partial charge is 0.326 e. The number of carboxylic acid groups (broad SMARTS) is 1. The van der Waals surface area contributed by atoms with Gasteiger partial charge in [-0.1, -0.05) is 32.1 Å². The molecular formula is C13H24N2O3. The first kappa shape index (κ1) is 15.0. The summed E-state index contributed by atoms with van der Waals surface area (Å²) in [7, 11) is 1.77. The topological polar surface area (TPSA) is 78.4 Å². The van der Waals surface area contributed by atoms with Crippen LogP contribution in [0.25, 0.3) is 0 Å². The van der Waals surface area contributed by atoms with Gasteiger partial charge in [0, 0.05) is 13.0 Å². The van der Waals surface area contributed by atoms with Crippen molar-refractivity contribution in [1.29, 1.82) is 0 Å². The van der Waals surface area contributed by atoms with Crippen molar-refractivity contribution in [3.63, 3.8) is 0 Å². The van der Waals surface area contributed by atoms with Crippen molar-refractivity contribution in [3.8, 4) is 0 Å². The molecule has 5 nitrogen and oxygen atoms in total. The monoisotopic (exact) mass is 256 g/mol. The molecule has 0 bridgehead atoms. The van der Waals surface area contributed by atoms with Crippen molar-refractivity contribution in [2.75, 3.05) is 13.6 Å². The van der Waals surface area contributed by atoms with Gasteiger partial charge >= 0.3 is 5.97 Å². The molecule has 1 amide bonds. The molecule has 0 saturated heterocycles. The molecule has 0 unspecified atom stereocenters. The minimum atomic E-state index is -0.918. The number of nitrogens with one attached hydrogen (secondary N) is 2. The van der Waals surface area contributed by atoms with E-state index in [1.165, 1.54) is 19.3 Å². The van der Waals surface area contributed by atoms with Crippen LogP contribution in [0.5, 0.6) is 0 Å². The first-order valence-electron chi connectivity index (χ1n) is 6.80. The second-order valence-corrected chi connectivity index (χ2v) is 5.05. The van der Waals surface area contributed by atoms with E-state index >= 15 is 0 Å². The van der Waals surface area contributed by atoms with Crippen molar-refractivity contribution in [2.24, 2.45) is 5.92 Å². The number of amides is 1. The van der Waals surface area contributed by atoms with Crippen LogP contribution in [0.3, 0.4) is 0 Å². The molecule has 0 spiro atoms. The zero-order valence-electron chi connectivity index (χ0n) is 11.1. The summed E-state index contributed by atoms with van der Waals surface area (Å²) in [4.78, 5) is 22.7. The number of carbonyl (C=O) groups excluding carboxylic acids is 1. The Bertz CT molecular complexity index is 275. The molecule has 1 atom stereocenters. The fraction of sp³-hybridized carbons (Fsp3) is 0.846. The first-order chi connectivity index (χ1) is 8.63. The average Bonchev–Trinajstić information content (AvgIpc) is 2.36. The maximum absolute atomic E-state index is 11.5. The summed E-state index contributed by atoms with van der Waals surface area (Å²) in [6, 6.07) is -0.725. The molecule has 1 rings (SSSR count). The van der Waals surface area contributed by atoms with Gasteiger partial charge in [-0.25, -0.2) is 4.79 Å². The Morgan fingerprint density at radius 1 is 1.28 bits per heavy atom. The van der Waals surface area contributed by atoms with Crippen molar-refractivity contribution in [1.82, 2.24) is 10.6 Å². The molecule has 0 aromatic rings. The van der Waals surface area contributed by atoms with Crippen LogP contribution in [-0.4, -0.2) is 36.6 Å². The number of aliphatic carboxylic acids is 1. The van der Waals surface area contributed by atoms with Crippen molar-refractivity contribution in [3.05, 3.63) is 0 Å². The molecule has 0 aromatic carbocycles. The second-order valence-electron chi connectivity index (χ2n) is 5.05. The molecule has 1 saturated carbocycles. The summed E-state index contributed by atoms with van der Waals surface area (Å²) in [6.45, 7) is 0.571. The lowest BCUT2D eigenvalue weighted by Gasteiger charge is -2.25. The number of hydrogen-bond donors (Lipinski definition) is 3. The third kappa shape index (κ3) is 5.49. The minimum Gasteiger partial charge on any atom is -0.480 e. The van der Waals surface area contributed by atoms with Crippen LogP contribution in [0.1, 0.15) is 44.9 Å². The van der Waals surface area contributed by atoms with Crippen LogP contribution >= 0.6 is 0 Å². The van der Waals surface area contributed by atoms with Gasteiger partial charge in [-0.2, -0.15) is 0 Å². The standard InChI is InChI=1S/C13H24N2O3/c1-14-8-7-12(16)15-11(13(17)18)9-10-5-3-2-4-6-10/h10-11,14H,2-9H2,1H3,(H,15,16)(H,17,18)/t11-/m1/s1. The van der Waals surface area contributed by atoms with Crippen LogP contribution in [0.4, 0.5) is 0 Å². The lowest BCUT2D eigenvalue weighted by Crippen LogP contribution is -2.42. The zero-order valence-corrected chi connectivity index (χ0v) is 11.1. The minimum absolute atomic E-state index is 0.187. The Labute approximate surface area is 108 Å². The Balaban J connectivity index is 2.38. The Morgan fingerprint density at radius 3 is 2.50 bits per heavy atom. The molecule has 0 radical (unpaired) electrons. The van der Waals surface area contributed by atoms with E-state index in [9.17, 15) is 9.59 Å². The van der Waals surface area contributed by atoms with E-state index in [2.05, 4.69) is 10.6 Å². The van der Waals surface area contributed by atoms with Crippen LogP contribution < -0.4 is 10.6 Å². The molecule has 1 aliphatic carbocycles. The van der Waals surface area contributed by atoms with Gasteiger partial charge in [-0.05, 0) is 19.4 Å². The van der Waals surface area contributed by atoms with Gasteiger partial charge in [0.2, 0.25) is 5.91 Å². The third-order valence-electron chi connectivity index (χ3n) is 3.53. The van der Waals surface area contributed by atoms with E-state index < -0.39 is 12.0 Å². The molecule has 0 aromatic heterocycles. The Hall–Kier alpha value is -1.10. The van der Waals surface area contributed by atoms with Crippen LogP contribution in [-0.2, 0) is 9.59 Å². The van der Waals surface area contributed by atoms with Gasteiger partial charge in [0.05, 0.1) is 0 Å². The highest BCUT2D eigenvalue weighted by Gasteiger charge is 2.25. The van der Waals surface area contributed by atoms with Gasteiger partial charge < -0.3 is 15.7 Å². The number of carboxylic acids is 1. The van der Waals surface area contributed by atoms with Crippen LogP contribution in [0.2, 0.25) is 0 Å². The number of hydrogen-bond acceptors (Lipinski definition) is 3. The maximum Gasteiger partial charge on any atom is 0.326 e.